The summed E-state index contributed by atoms with van der Waals surface area (Å²) in [6.07, 6.45) is 0. The van der Waals surface area contributed by atoms with Crippen LogP contribution in [0.3, 0.4) is 0 Å². The van der Waals surface area contributed by atoms with Gasteiger partial charge in [-0.25, -0.2) is 0 Å². The Labute approximate surface area is 132 Å². The van der Waals surface area contributed by atoms with E-state index in [1.807, 2.05) is 0 Å². The van der Waals surface area contributed by atoms with Crippen molar-refractivity contribution in [3.05, 3.63) is 59.7 Å². The van der Waals surface area contributed by atoms with Gasteiger partial charge in [0.25, 0.3) is 0 Å². The van der Waals surface area contributed by atoms with Gasteiger partial charge in [-0.3, -0.25) is 21.0 Å². The van der Waals surface area contributed by atoms with E-state index >= 15 is 0 Å². The first kappa shape index (κ1) is 20.3. The maximum absolute atomic E-state index is 6.00. The number of benzene rings is 2. The molecule has 0 heterocycles. The predicted molar refractivity (Wildman–Crippen MR) is 90.6 cm³/mol. The average Bonchev–Trinajstić information content (AvgIpc) is 2.58. The fraction of sp³-hybridized carbons (Fsp3) is 0.333. The summed E-state index contributed by atoms with van der Waals surface area (Å²) in [5.74, 6) is 1.13. The first-order chi connectivity index (χ1) is 10.6. The second-order valence-corrected chi connectivity index (χ2v) is 5.48. The topological polar surface area (TPSA) is 80.9 Å². The zero-order chi connectivity index (χ0) is 17.1. The maximum Gasteiger partial charge on any atom is -0.0146 e. The van der Waals surface area contributed by atoms with Gasteiger partial charge in [0.1, 0.15) is 0 Å². The van der Waals surface area contributed by atoms with Crippen molar-refractivity contribution in [3.8, 4) is 11.1 Å². The molecule has 0 aliphatic carbocycles. The molecule has 0 atom stereocenters. The Morgan fingerprint density at radius 3 is 1.64 bits per heavy atom. The van der Waals surface area contributed by atoms with Gasteiger partial charge in [-0.15, -0.1) is 0 Å². The average molecular weight is 306 g/mol. The standard InChI is InChI=1S/C18H22.2H2O2/c1-13(2)16-11-8-12-17(18(16)14(3)4)15-9-6-5-7-10-15;2*1-2/h5-14H,1-4H3;2*1-2H. The molecule has 0 radical (unpaired) electrons. The molecule has 4 N–H and O–H groups in total. The first-order valence-corrected chi connectivity index (χ1v) is 7.19. The van der Waals surface area contributed by atoms with Crippen molar-refractivity contribution in [2.75, 3.05) is 0 Å². The van der Waals surface area contributed by atoms with E-state index in [4.69, 9.17) is 21.0 Å². The van der Waals surface area contributed by atoms with Crippen LogP contribution in [0.2, 0.25) is 0 Å². The molecule has 4 heteroatoms. The minimum atomic E-state index is 0.554. The van der Waals surface area contributed by atoms with E-state index in [2.05, 4.69) is 76.2 Å². The lowest BCUT2D eigenvalue weighted by molar-refractivity contribution is -0.176. The van der Waals surface area contributed by atoms with Crippen molar-refractivity contribution in [1.29, 1.82) is 0 Å². The summed E-state index contributed by atoms with van der Waals surface area (Å²) in [4.78, 5) is 0. The Morgan fingerprint density at radius 2 is 1.18 bits per heavy atom. The van der Waals surface area contributed by atoms with Crippen molar-refractivity contribution in [3.63, 3.8) is 0 Å². The summed E-state index contributed by atoms with van der Waals surface area (Å²) in [6, 6.07) is 17.4. The van der Waals surface area contributed by atoms with E-state index in [0.717, 1.165) is 0 Å². The highest BCUT2D eigenvalue weighted by Gasteiger charge is 2.14. The Kier molecular flexibility index (Phi) is 10.1. The van der Waals surface area contributed by atoms with Crippen molar-refractivity contribution in [1.82, 2.24) is 0 Å². The highest BCUT2D eigenvalue weighted by molar-refractivity contribution is 5.69. The number of hydrogen-bond donors (Lipinski definition) is 4. The quantitative estimate of drug-likeness (QED) is 0.437. The minimum Gasteiger partial charge on any atom is -0.255 e. The lowest BCUT2D eigenvalue weighted by atomic mass is 9.84. The van der Waals surface area contributed by atoms with Gasteiger partial charge < -0.3 is 0 Å². The molecule has 0 spiro atoms. The van der Waals surface area contributed by atoms with E-state index in [9.17, 15) is 0 Å². The fourth-order valence-corrected chi connectivity index (χ4v) is 2.60. The monoisotopic (exact) mass is 306 g/mol. The van der Waals surface area contributed by atoms with Crippen molar-refractivity contribution in [2.45, 2.75) is 39.5 Å². The molecule has 0 amide bonds. The lowest BCUT2D eigenvalue weighted by Crippen LogP contribution is -2.01. The molecule has 122 valence electrons. The Hall–Kier alpha value is -1.72. The van der Waals surface area contributed by atoms with Gasteiger partial charge >= 0.3 is 0 Å². The smallest absolute Gasteiger partial charge is 0.0146 e. The van der Waals surface area contributed by atoms with Crippen LogP contribution < -0.4 is 0 Å². The van der Waals surface area contributed by atoms with Crippen LogP contribution in [0.5, 0.6) is 0 Å². The third kappa shape index (κ3) is 5.24. The molecular weight excluding hydrogens is 280 g/mol. The highest BCUT2D eigenvalue weighted by atomic mass is 17.0. The molecule has 0 aromatic heterocycles. The Balaban J connectivity index is 0.00000102. The summed E-state index contributed by atoms with van der Waals surface area (Å²) in [5.41, 5.74) is 5.69. The lowest BCUT2D eigenvalue weighted by Gasteiger charge is -2.20. The SMILES string of the molecule is CC(C)c1cccc(-c2ccccc2)c1C(C)C.OO.OO. The van der Waals surface area contributed by atoms with Crippen LogP contribution in [-0.4, -0.2) is 21.0 Å². The summed E-state index contributed by atoms with van der Waals surface area (Å²) >= 11 is 0. The third-order valence-electron chi connectivity index (χ3n) is 3.42. The molecule has 0 aliphatic rings. The van der Waals surface area contributed by atoms with Crippen LogP contribution in [0.15, 0.2) is 48.5 Å². The van der Waals surface area contributed by atoms with Gasteiger partial charge in [0, 0.05) is 0 Å². The second-order valence-electron chi connectivity index (χ2n) is 5.48. The summed E-state index contributed by atoms with van der Waals surface area (Å²) < 4.78 is 0. The van der Waals surface area contributed by atoms with E-state index in [0.29, 0.717) is 11.8 Å². The minimum absolute atomic E-state index is 0.554. The second kappa shape index (κ2) is 10.9. The number of hydrogen-bond acceptors (Lipinski definition) is 4. The van der Waals surface area contributed by atoms with Gasteiger partial charge in [-0.05, 0) is 34.1 Å². The largest absolute Gasteiger partial charge is 0.255 e. The molecular formula is C18H26O4. The van der Waals surface area contributed by atoms with Crippen LogP contribution in [0.25, 0.3) is 11.1 Å². The molecule has 0 saturated carbocycles. The molecule has 2 aromatic rings. The molecule has 0 saturated heterocycles. The maximum atomic E-state index is 6.00. The zero-order valence-corrected chi connectivity index (χ0v) is 13.6. The van der Waals surface area contributed by atoms with Gasteiger partial charge in [-0.1, -0.05) is 76.2 Å². The molecule has 4 nitrogen and oxygen atoms in total. The fourth-order valence-electron chi connectivity index (χ4n) is 2.60. The first-order valence-electron chi connectivity index (χ1n) is 7.19. The van der Waals surface area contributed by atoms with Crippen LogP contribution in [0, 0.1) is 0 Å². The van der Waals surface area contributed by atoms with Crippen LogP contribution in [0.1, 0.15) is 50.7 Å². The van der Waals surface area contributed by atoms with Gasteiger partial charge in [0.05, 0.1) is 0 Å². The van der Waals surface area contributed by atoms with Crippen molar-refractivity contribution >= 4 is 0 Å². The molecule has 2 aromatic carbocycles. The molecule has 0 fully saturated rings. The normalized spacial score (nSPS) is 9.73. The molecule has 0 aliphatic heterocycles. The van der Waals surface area contributed by atoms with E-state index < -0.39 is 0 Å². The highest BCUT2D eigenvalue weighted by Crippen LogP contribution is 2.35. The van der Waals surface area contributed by atoms with Crippen molar-refractivity contribution < 1.29 is 21.0 Å². The van der Waals surface area contributed by atoms with Gasteiger partial charge in [-0.2, -0.15) is 0 Å². The molecule has 0 bridgehead atoms. The van der Waals surface area contributed by atoms with E-state index in [-0.39, 0.29) is 0 Å². The van der Waals surface area contributed by atoms with Crippen LogP contribution in [-0.2, 0) is 0 Å². The predicted octanol–water partition coefficient (Wildman–Crippen LogP) is 5.64. The molecule has 22 heavy (non-hydrogen) atoms. The summed E-state index contributed by atoms with van der Waals surface area (Å²) in [5, 5.41) is 24.0. The molecule has 0 unspecified atom stereocenters. The Bertz CT molecular complexity index is 522. The zero-order valence-electron chi connectivity index (χ0n) is 13.6. The summed E-state index contributed by atoms with van der Waals surface area (Å²) in [6.45, 7) is 9.12. The van der Waals surface area contributed by atoms with Gasteiger partial charge in [0.15, 0.2) is 0 Å². The summed E-state index contributed by atoms with van der Waals surface area (Å²) in [7, 11) is 0. The number of rotatable bonds is 3. The van der Waals surface area contributed by atoms with Crippen LogP contribution >= 0.6 is 0 Å². The van der Waals surface area contributed by atoms with Crippen molar-refractivity contribution in [2.24, 2.45) is 0 Å². The third-order valence-corrected chi connectivity index (χ3v) is 3.42. The van der Waals surface area contributed by atoms with Crippen LogP contribution in [0.4, 0.5) is 0 Å². The molecule has 2 rings (SSSR count). The van der Waals surface area contributed by atoms with Gasteiger partial charge in [0.2, 0.25) is 0 Å². The van der Waals surface area contributed by atoms with E-state index in [1.54, 1.807) is 0 Å². The Morgan fingerprint density at radius 1 is 0.636 bits per heavy atom. The van der Waals surface area contributed by atoms with E-state index in [1.165, 1.54) is 22.3 Å².